The number of rotatable bonds is 5. The van der Waals surface area contributed by atoms with Crippen LogP contribution in [0.5, 0.6) is 5.75 Å². The lowest BCUT2D eigenvalue weighted by molar-refractivity contribution is -0.385. The summed E-state index contributed by atoms with van der Waals surface area (Å²) in [5, 5.41) is 20.2. The molecule has 2 amide bonds. The van der Waals surface area contributed by atoms with Gasteiger partial charge in [-0.15, -0.1) is 0 Å². The van der Waals surface area contributed by atoms with Crippen LogP contribution < -0.4 is 0 Å². The minimum Gasteiger partial charge on any atom is -0.502 e. The molecule has 0 saturated carbocycles. The molecule has 11 heteroatoms. The Morgan fingerprint density at radius 2 is 2.12 bits per heavy atom. The fourth-order valence-corrected chi connectivity index (χ4v) is 3.11. The fraction of sp³-hybridized carbons (Fsp3) is 0.267. The Bertz CT molecular complexity index is 838. The second-order valence-corrected chi connectivity index (χ2v) is 6.86. The van der Waals surface area contributed by atoms with Crippen molar-refractivity contribution in [2.24, 2.45) is 0 Å². The van der Waals surface area contributed by atoms with Crippen molar-refractivity contribution < 1.29 is 29.2 Å². The molecule has 1 saturated heterocycles. The molecule has 0 radical (unpaired) electrons. The van der Waals surface area contributed by atoms with Crippen molar-refractivity contribution in [1.82, 2.24) is 4.90 Å². The lowest BCUT2D eigenvalue weighted by Crippen LogP contribution is -2.35. The van der Waals surface area contributed by atoms with Gasteiger partial charge in [-0.1, -0.05) is 11.6 Å². The highest BCUT2D eigenvalue weighted by Gasteiger charge is 2.37. The van der Waals surface area contributed by atoms with Crippen LogP contribution in [0.25, 0.3) is 6.08 Å². The number of thioether (sulfide) groups is 1. The van der Waals surface area contributed by atoms with Gasteiger partial charge in [0.2, 0.25) is 5.75 Å². The molecule has 26 heavy (non-hydrogen) atoms. The van der Waals surface area contributed by atoms with Crippen molar-refractivity contribution in [2.75, 3.05) is 6.54 Å². The summed E-state index contributed by atoms with van der Waals surface area (Å²) in [6.07, 6.45) is 0.703. The molecule has 1 aliphatic heterocycles. The van der Waals surface area contributed by atoms with Gasteiger partial charge in [-0.25, -0.2) is 0 Å². The van der Waals surface area contributed by atoms with Crippen LogP contribution >= 0.6 is 23.4 Å². The number of carbonyl (C=O) groups is 3. The number of hydrogen-bond donors (Lipinski definition) is 1. The number of ether oxygens (including phenoxy) is 1. The van der Waals surface area contributed by atoms with E-state index in [0.29, 0.717) is 16.7 Å². The van der Waals surface area contributed by atoms with Crippen LogP contribution in [0, 0.1) is 10.1 Å². The number of amides is 2. The van der Waals surface area contributed by atoms with Gasteiger partial charge >= 0.3 is 11.7 Å². The van der Waals surface area contributed by atoms with E-state index in [1.165, 1.54) is 6.07 Å². The van der Waals surface area contributed by atoms with Crippen molar-refractivity contribution in [3.63, 3.8) is 0 Å². The minimum atomic E-state index is -0.827. The molecule has 138 valence electrons. The Hall–Kier alpha value is -2.59. The van der Waals surface area contributed by atoms with E-state index >= 15 is 0 Å². The third-order valence-electron chi connectivity index (χ3n) is 3.10. The van der Waals surface area contributed by atoms with Crippen LogP contribution in [0.1, 0.15) is 19.4 Å². The topological polar surface area (TPSA) is 127 Å². The first-order valence-electron chi connectivity index (χ1n) is 7.22. The second-order valence-electron chi connectivity index (χ2n) is 5.43. The number of hydrogen-bond acceptors (Lipinski definition) is 8. The summed E-state index contributed by atoms with van der Waals surface area (Å²) in [6, 6.07) is 2.17. The van der Waals surface area contributed by atoms with Crippen molar-refractivity contribution in [3.8, 4) is 5.75 Å². The minimum absolute atomic E-state index is 0.0273. The van der Waals surface area contributed by atoms with Crippen LogP contribution in [0.2, 0.25) is 5.02 Å². The highest BCUT2D eigenvalue weighted by Crippen LogP contribution is 2.38. The quantitative estimate of drug-likeness (QED) is 0.346. The van der Waals surface area contributed by atoms with Gasteiger partial charge in [-0.05, 0) is 37.8 Å². The number of phenolic OH excluding ortho intramolecular Hbond substituents is 1. The number of halogens is 1. The number of esters is 1. The van der Waals surface area contributed by atoms with Crippen LogP contribution in [0.15, 0.2) is 17.0 Å². The van der Waals surface area contributed by atoms with E-state index in [1.807, 2.05) is 0 Å². The maximum atomic E-state index is 12.3. The molecule has 1 heterocycles. The van der Waals surface area contributed by atoms with Crippen LogP contribution in [-0.4, -0.2) is 44.7 Å². The average molecular weight is 401 g/mol. The molecule has 0 aliphatic carbocycles. The molecule has 0 spiro atoms. The first-order chi connectivity index (χ1) is 12.1. The fourth-order valence-electron chi connectivity index (χ4n) is 2.06. The van der Waals surface area contributed by atoms with E-state index in [2.05, 4.69) is 0 Å². The number of phenols is 1. The Morgan fingerprint density at radius 1 is 1.46 bits per heavy atom. The van der Waals surface area contributed by atoms with Crippen molar-refractivity contribution >= 4 is 52.2 Å². The van der Waals surface area contributed by atoms with Crippen molar-refractivity contribution in [3.05, 3.63) is 37.7 Å². The number of nitro benzene ring substituents is 1. The number of nitrogens with zero attached hydrogens (tertiary/aromatic N) is 2. The van der Waals surface area contributed by atoms with Gasteiger partial charge < -0.3 is 9.84 Å². The Balaban J connectivity index is 2.31. The lowest BCUT2D eigenvalue weighted by atomic mass is 10.1. The first-order valence-corrected chi connectivity index (χ1v) is 8.41. The van der Waals surface area contributed by atoms with Crippen molar-refractivity contribution in [1.29, 1.82) is 0 Å². The maximum absolute atomic E-state index is 12.3. The molecule has 1 fully saturated rings. The van der Waals surface area contributed by atoms with Gasteiger partial charge in [-0.2, -0.15) is 0 Å². The molecule has 0 aromatic heterocycles. The van der Waals surface area contributed by atoms with Gasteiger partial charge in [-0.3, -0.25) is 29.4 Å². The van der Waals surface area contributed by atoms with Gasteiger partial charge in [0.25, 0.3) is 11.1 Å². The molecular formula is C15H13ClN2O7S. The zero-order chi connectivity index (χ0) is 19.6. The Kier molecular flexibility index (Phi) is 5.88. The van der Waals surface area contributed by atoms with Gasteiger partial charge in [0.15, 0.2) is 0 Å². The van der Waals surface area contributed by atoms with E-state index in [9.17, 15) is 29.6 Å². The van der Waals surface area contributed by atoms with E-state index < -0.39 is 46.1 Å². The van der Waals surface area contributed by atoms with Gasteiger partial charge in [0.05, 0.1) is 15.9 Å². The van der Waals surface area contributed by atoms with E-state index in [1.54, 1.807) is 13.8 Å². The van der Waals surface area contributed by atoms with Crippen LogP contribution in [-0.2, 0) is 14.3 Å². The van der Waals surface area contributed by atoms with Gasteiger partial charge in [0, 0.05) is 16.7 Å². The average Bonchev–Trinajstić information content (AvgIpc) is 2.77. The van der Waals surface area contributed by atoms with E-state index in [0.717, 1.165) is 12.1 Å². The van der Waals surface area contributed by atoms with Crippen LogP contribution in [0.4, 0.5) is 10.5 Å². The predicted molar refractivity (Wildman–Crippen MR) is 93.7 cm³/mol. The monoisotopic (exact) mass is 400 g/mol. The number of aromatic hydroxyl groups is 1. The molecule has 1 aromatic rings. The normalized spacial score (nSPS) is 15.8. The first kappa shape index (κ1) is 19.7. The zero-order valence-electron chi connectivity index (χ0n) is 13.6. The zero-order valence-corrected chi connectivity index (χ0v) is 15.2. The summed E-state index contributed by atoms with van der Waals surface area (Å²) >= 11 is 6.32. The summed E-state index contributed by atoms with van der Waals surface area (Å²) in [7, 11) is 0. The van der Waals surface area contributed by atoms with Crippen LogP contribution in [0.3, 0.4) is 0 Å². The van der Waals surface area contributed by atoms with E-state index in [4.69, 9.17) is 16.3 Å². The number of benzene rings is 1. The maximum Gasteiger partial charge on any atom is 0.326 e. The molecule has 9 nitrogen and oxygen atoms in total. The number of nitro groups is 1. The summed E-state index contributed by atoms with van der Waals surface area (Å²) in [5.74, 6) is -2.21. The SMILES string of the molecule is CC(C)OC(=O)CN1C(=O)S/C(=C/c2cc(Cl)cc([N+](=O)[O-])c2O)C1=O. The number of imide groups is 1. The lowest BCUT2D eigenvalue weighted by Gasteiger charge is -2.13. The Morgan fingerprint density at radius 3 is 2.69 bits per heavy atom. The van der Waals surface area contributed by atoms with Gasteiger partial charge in [0.1, 0.15) is 6.54 Å². The third-order valence-corrected chi connectivity index (χ3v) is 4.22. The molecule has 2 rings (SSSR count). The highest BCUT2D eigenvalue weighted by molar-refractivity contribution is 8.18. The standard InChI is InChI=1S/C15H13ClN2O7S/c1-7(2)25-12(19)6-17-14(21)11(26-15(17)22)4-8-3-9(16)5-10(13(8)20)18(23)24/h3-5,7,20H,6H2,1-2H3/b11-4+. The summed E-state index contributed by atoms with van der Waals surface area (Å²) in [5.41, 5.74) is -0.733. The Labute approximate surface area is 156 Å². The third kappa shape index (κ3) is 4.33. The molecule has 0 unspecified atom stereocenters. The largest absolute Gasteiger partial charge is 0.502 e. The molecule has 0 bridgehead atoms. The summed E-state index contributed by atoms with van der Waals surface area (Å²) in [4.78, 5) is 46.6. The molecule has 0 atom stereocenters. The smallest absolute Gasteiger partial charge is 0.326 e. The summed E-state index contributed by atoms with van der Waals surface area (Å²) < 4.78 is 4.89. The second kappa shape index (κ2) is 7.75. The predicted octanol–water partition coefficient (Wildman–Crippen LogP) is 2.94. The molecule has 1 aromatic carbocycles. The molecule has 1 aliphatic rings. The van der Waals surface area contributed by atoms with Crippen molar-refractivity contribution in [2.45, 2.75) is 20.0 Å². The number of carbonyl (C=O) groups excluding carboxylic acids is 3. The van der Waals surface area contributed by atoms with E-state index in [-0.39, 0.29) is 15.5 Å². The highest BCUT2D eigenvalue weighted by atomic mass is 35.5. The molecule has 1 N–H and O–H groups in total. The summed E-state index contributed by atoms with van der Waals surface area (Å²) in [6.45, 7) is 2.70. The molecular weight excluding hydrogens is 388 g/mol.